The fourth-order valence-corrected chi connectivity index (χ4v) is 8.62. The van der Waals surface area contributed by atoms with Crippen LogP contribution in [0.1, 0.15) is 125 Å². The molecule has 1 saturated heterocycles. The lowest BCUT2D eigenvalue weighted by Gasteiger charge is -2.45. The molecule has 0 aliphatic carbocycles. The van der Waals surface area contributed by atoms with Gasteiger partial charge in [0, 0.05) is 6.42 Å². The van der Waals surface area contributed by atoms with E-state index in [1.807, 2.05) is 146 Å². The summed E-state index contributed by atoms with van der Waals surface area (Å²) in [6.45, 7) is 2.87. The topological polar surface area (TPSA) is 117 Å². The molecule has 11 nitrogen and oxygen atoms in total. The van der Waals surface area contributed by atoms with Crippen molar-refractivity contribution < 1.29 is 52.2 Å². The number of unbranched alkanes of at least 4 members (excludes halogenated alkanes) is 12. The second-order valence-corrected chi connectivity index (χ2v) is 18.6. The molecule has 0 amide bonds. The summed E-state index contributed by atoms with van der Waals surface area (Å²) in [7, 11) is 1.62. The average molecular weight is 987 g/mol. The van der Waals surface area contributed by atoms with Crippen LogP contribution in [0.15, 0.2) is 146 Å². The Morgan fingerprint density at radius 2 is 0.903 bits per heavy atom. The first-order chi connectivity index (χ1) is 35.5. The van der Waals surface area contributed by atoms with Crippen LogP contribution in [0.4, 0.5) is 0 Å². The van der Waals surface area contributed by atoms with Crippen molar-refractivity contribution in [3.63, 3.8) is 0 Å². The molecule has 1 heterocycles. The molecule has 72 heavy (non-hydrogen) atoms. The summed E-state index contributed by atoms with van der Waals surface area (Å²) in [5.74, 6) is -0.207. The zero-order valence-corrected chi connectivity index (χ0v) is 42.7. The van der Waals surface area contributed by atoms with Gasteiger partial charge in [-0.2, -0.15) is 0 Å². The molecule has 0 N–H and O–H groups in total. The van der Waals surface area contributed by atoms with Gasteiger partial charge in [-0.15, -0.1) is 0 Å². The van der Waals surface area contributed by atoms with Crippen molar-refractivity contribution >= 4 is 11.9 Å². The molecule has 0 unspecified atom stereocenters. The van der Waals surface area contributed by atoms with E-state index in [2.05, 4.69) is 6.92 Å². The van der Waals surface area contributed by atoms with E-state index in [-0.39, 0.29) is 52.2 Å². The van der Waals surface area contributed by atoms with Crippen LogP contribution >= 0.6 is 0 Å². The van der Waals surface area contributed by atoms with E-state index in [4.69, 9.17) is 42.6 Å². The third-order valence-electron chi connectivity index (χ3n) is 12.8. The highest BCUT2D eigenvalue weighted by Gasteiger charge is 2.52. The van der Waals surface area contributed by atoms with Gasteiger partial charge in [-0.1, -0.05) is 217 Å². The number of hydrogen-bond donors (Lipinski definition) is 0. The predicted octanol–water partition coefficient (Wildman–Crippen LogP) is 12.8. The first-order valence-electron chi connectivity index (χ1n) is 26.3. The van der Waals surface area contributed by atoms with E-state index in [0.717, 1.165) is 52.8 Å². The summed E-state index contributed by atoms with van der Waals surface area (Å²) in [5, 5.41) is 0. The molecule has 0 spiro atoms. The van der Waals surface area contributed by atoms with Gasteiger partial charge in [0.15, 0.2) is 12.4 Å². The summed E-state index contributed by atoms with van der Waals surface area (Å²) in [6, 6.07) is 46.4. The molecule has 0 radical (unpaired) electrons. The van der Waals surface area contributed by atoms with E-state index < -0.39 is 42.8 Å². The fraction of sp³-hybridized carbons (Fsp3) is 0.475. The Morgan fingerprint density at radius 3 is 1.40 bits per heavy atom. The smallest absolute Gasteiger partial charge is 0.338 e. The van der Waals surface area contributed by atoms with Crippen LogP contribution in [-0.4, -0.2) is 69.1 Å². The average Bonchev–Trinajstić information content (AvgIpc) is 3.43. The van der Waals surface area contributed by atoms with Crippen molar-refractivity contribution in [2.45, 2.75) is 167 Å². The lowest BCUT2D eigenvalue weighted by molar-refractivity contribution is -0.324. The first kappa shape index (κ1) is 55.9. The molecule has 11 heteroatoms. The van der Waals surface area contributed by atoms with Crippen molar-refractivity contribution in [2.75, 3.05) is 20.3 Å². The van der Waals surface area contributed by atoms with Crippen molar-refractivity contribution in [1.29, 1.82) is 0 Å². The molecule has 0 bridgehead atoms. The largest absolute Gasteiger partial charge is 0.497 e. The Bertz CT molecular complexity index is 2170. The number of methoxy groups -OCH3 is 1. The molecule has 388 valence electrons. The monoisotopic (exact) mass is 987 g/mol. The van der Waals surface area contributed by atoms with Crippen LogP contribution in [0.25, 0.3) is 0 Å². The Labute approximate surface area is 428 Å². The summed E-state index contributed by atoms with van der Waals surface area (Å²) >= 11 is 0. The highest BCUT2D eigenvalue weighted by molar-refractivity contribution is 5.76. The maximum Gasteiger partial charge on any atom is 0.338 e. The van der Waals surface area contributed by atoms with Gasteiger partial charge < -0.3 is 42.6 Å². The maximum atomic E-state index is 14.4. The van der Waals surface area contributed by atoms with Crippen molar-refractivity contribution in [3.05, 3.63) is 173 Å². The zero-order valence-electron chi connectivity index (χ0n) is 42.7. The van der Waals surface area contributed by atoms with Gasteiger partial charge in [-0.25, -0.2) is 4.79 Å². The van der Waals surface area contributed by atoms with E-state index in [1.165, 1.54) is 64.2 Å². The summed E-state index contributed by atoms with van der Waals surface area (Å²) in [4.78, 5) is 27.7. The van der Waals surface area contributed by atoms with E-state index in [1.54, 1.807) is 7.11 Å². The minimum Gasteiger partial charge on any atom is -0.497 e. The molecule has 1 aliphatic rings. The quantitative estimate of drug-likeness (QED) is 0.0285. The molecule has 1 aliphatic heterocycles. The highest BCUT2D eigenvalue weighted by atomic mass is 16.7. The zero-order chi connectivity index (χ0) is 50.3. The Kier molecular flexibility index (Phi) is 25.9. The second kappa shape index (κ2) is 33.4. The maximum absolute atomic E-state index is 14.4. The Morgan fingerprint density at radius 1 is 0.458 bits per heavy atom. The van der Waals surface area contributed by atoms with Gasteiger partial charge in [0.1, 0.15) is 43.4 Å². The van der Waals surface area contributed by atoms with Gasteiger partial charge >= 0.3 is 11.9 Å². The molecule has 6 atom stereocenters. The number of ether oxygens (including phenoxy) is 9. The van der Waals surface area contributed by atoms with Crippen molar-refractivity contribution in [1.82, 2.24) is 0 Å². The Hall–Kier alpha value is -5.40. The van der Waals surface area contributed by atoms with Gasteiger partial charge in [0.05, 0.1) is 40.1 Å². The third-order valence-corrected chi connectivity index (χ3v) is 12.8. The minimum atomic E-state index is -1.29. The van der Waals surface area contributed by atoms with Crippen molar-refractivity contribution in [3.8, 4) is 5.75 Å². The molecule has 5 aromatic rings. The van der Waals surface area contributed by atoms with Crippen LogP contribution in [0, 0.1) is 0 Å². The SMILES string of the molecule is CCCCCCCCCCCCCCCC(=O)OC[C@H](CO[C@H]1O[C@H](C(=O)OCc2ccccc2)[C@@H](OCc2ccccc2)[C@H](OCc2ccccc2)[C@H]1OCc1ccccc1)OCc1ccc(OC)cc1. The summed E-state index contributed by atoms with van der Waals surface area (Å²) in [6.07, 6.45) is 10.2. The molecular weight excluding hydrogens is 909 g/mol. The number of carbonyl (C=O) groups is 2. The molecule has 6 rings (SSSR count). The van der Waals surface area contributed by atoms with Crippen LogP contribution in [0.3, 0.4) is 0 Å². The van der Waals surface area contributed by atoms with Crippen LogP contribution in [0.2, 0.25) is 0 Å². The normalized spacial score (nSPS) is 18.1. The van der Waals surface area contributed by atoms with Crippen LogP contribution < -0.4 is 4.74 Å². The Balaban J connectivity index is 1.18. The first-order valence-corrected chi connectivity index (χ1v) is 26.3. The van der Waals surface area contributed by atoms with Crippen LogP contribution in [-0.2, 0) is 80.5 Å². The van der Waals surface area contributed by atoms with E-state index >= 15 is 0 Å². The number of esters is 2. The van der Waals surface area contributed by atoms with Crippen molar-refractivity contribution in [2.24, 2.45) is 0 Å². The number of carbonyl (C=O) groups excluding carboxylic acids is 2. The molecule has 0 saturated carbocycles. The lowest BCUT2D eigenvalue weighted by Crippen LogP contribution is -2.63. The number of hydrogen-bond acceptors (Lipinski definition) is 11. The number of rotatable bonds is 35. The predicted molar refractivity (Wildman–Crippen MR) is 279 cm³/mol. The van der Waals surface area contributed by atoms with Gasteiger partial charge in [-0.3, -0.25) is 4.79 Å². The van der Waals surface area contributed by atoms with Gasteiger partial charge in [0.2, 0.25) is 0 Å². The van der Waals surface area contributed by atoms with Gasteiger partial charge in [0.25, 0.3) is 0 Å². The standard InChI is InChI=1S/C61H78O11/c1-3-4-5-6-7-8-9-10-11-12-13-14-27-36-55(62)66-46-54(65-41-52-37-39-53(64-2)40-38-52)47-71-61-59(69-44-50-32-23-17-24-33-50)57(68-43-49-30-21-16-22-31-49)56(67-42-48-28-19-15-20-29-48)58(72-61)60(63)70-45-51-34-25-18-26-35-51/h15-26,28-35,37-40,54,56-59,61H,3-14,27,36,41-47H2,1-2H3/t54-,56+,57+,58+,59-,61+/m1/s1. The number of benzene rings is 5. The second-order valence-electron chi connectivity index (χ2n) is 18.6. The molecule has 5 aromatic carbocycles. The fourth-order valence-electron chi connectivity index (χ4n) is 8.62. The van der Waals surface area contributed by atoms with E-state index in [0.29, 0.717) is 6.42 Å². The molecule has 1 fully saturated rings. The lowest BCUT2D eigenvalue weighted by atomic mass is 9.97. The summed E-state index contributed by atoms with van der Waals surface area (Å²) in [5.41, 5.74) is 4.45. The van der Waals surface area contributed by atoms with Gasteiger partial charge in [-0.05, 0) is 46.4 Å². The highest BCUT2D eigenvalue weighted by Crippen LogP contribution is 2.32. The van der Waals surface area contributed by atoms with Crippen LogP contribution in [0.5, 0.6) is 5.75 Å². The van der Waals surface area contributed by atoms with E-state index in [9.17, 15) is 9.59 Å². The molecule has 0 aromatic heterocycles. The molecular formula is C61H78O11. The third kappa shape index (κ3) is 20.6. The summed E-state index contributed by atoms with van der Waals surface area (Å²) < 4.78 is 57.4. The minimum absolute atomic E-state index is 0.0197.